The van der Waals surface area contributed by atoms with Crippen molar-refractivity contribution in [2.75, 3.05) is 11.4 Å². The topological polar surface area (TPSA) is 85.7 Å². The van der Waals surface area contributed by atoms with E-state index in [1.54, 1.807) is 20.8 Å². The highest BCUT2D eigenvalue weighted by atomic mass is 19.4. The Kier molecular flexibility index (Phi) is 5.16. The molecule has 0 aliphatic carbocycles. The number of alkyl halides is 3. The van der Waals surface area contributed by atoms with Crippen molar-refractivity contribution in [3.8, 4) is 5.69 Å². The van der Waals surface area contributed by atoms with Crippen molar-refractivity contribution in [3.05, 3.63) is 42.2 Å². The van der Waals surface area contributed by atoms with Crippen molar-refractivity contribution in [2.24, 2.45) is 0 Å². The van der Waals surface area contributed by atoms with Crippen LogP contribution in [-0.2, 0) is 15.7 Å². The Labute approximate surface area is 164 Å². The van der Waals surface area contributed by atoms with Crippen LogP contribution in [0.5, 0.6) is 0 Å². The standard InChI is InChI=1S/C18H19F3N4O4/c1-17(2,3)29-15(26)23-14-10-24(16(27)28-14)11-4-6-12(7-5-11)25-13(8-9-22-25)18(19,20)21/h4-9,14H,10H2,1-3H3,(H,23,26)/t14-/m0/s1. The zero-order valence-corrected chi connectivity index (χ0v) is 15.9. The van der Waals surface area contributed by atoms with Gasteiger partial charge in [-0.2, -0.15) is 18.3 Å². The van der Waals surface area contributed by atoms with Gasteiger partial charge in [0, 0.05) is 5.69 Å². The number of alkyl carbamates (subject to hydrolysis) is 1. The summed E-state index contributed by atoms with van der Waals surface area (Å²) >= 11 is 0. The SMILES string of the molecule is CC(C)(C)OC(=O)N[C@@H]1CN(c2ccc(-n3nccc3C(F)(F)F)cc2)C(=O)O1. The van der Waals surface area contributed by atoms with Gasteiger partial charge in [-0.25, -0.2) is 14.3 Å². The van der Waals surface area contributed by atoms with E-state index in [4.69, 9.17) is 9.47 Å². The molecule has 0 bridgehead atoms. The van der Waals surface area contributed by atoms with Crippen LogP contribution in [0, 0.1) is 0 Å². The molecular weight excluding hydrogens is 393 g/mol. The smallest absolute Gasteiger partial charge is 0.433 e. The molecular formula is C18H19F3N4O4. The third-order valence-electron chi connectivity index (χ3n) is 3.83. The molecule has 8 nitrogen and oxygen atoms in total. The fourth-order valence-electron chi connectivity index (χ4n) is 2.69. The van der Waals surface area contributed by atoms with E-state index < -0.39 is 35.9 Å². The predicted molar refractivity (Wildman–Crippen MR) is 95.6 cm³/mol. The number of cyclic esters (lactones) is 1. The van der Waals surface area contributed by atoms with E-state index in [1.165, 1.54) is 29.2 Å². The molecule has 0 saturated carbocycles. The molecule has 1 saturated heterocycles. The van der Waals surface area contributed by atoms with Crippen LogP contribution >= 0.6 is 0 Å². The zero-order chi connectivity index (χ0) is 21.4. The van der Waals surface area contributed by atoms with E-state index in [0.717, 1.165) is 16.9 Å². The molecule has 29 heavy (non-hydrogen) atoms. The summed E-state index contributed by atoms with van der Waals surface area (Å²) in [6.45, 7) is 5.12. The van der Waals surface area contributed by atoms with Crippen molar-refractivity contribution in [2.45, 2.75) is 38.8 Å². The fraction of sp³-hybridized carbons (Fsp3) is 0.389. The van der Waals surface area contributed by atoms with Crippen LogP contribution in [0.4, 0.5) is 28.4 Å². The summed E-state index contributed by atoms with van der Waals surface area (Å²) in [5.74, 6) is 0. The normalized spacial score (nSPS) is 17.2. The molecule has 1 aliphatic rings. The lowest BCUT2D eigenvalue weighted by Gasteiger charge is -2.21. The van der Waals surface area contributed by atoms with Gasteiger partial charge in [0.1, 0.15) is 11.3 Å². The molecule has 1 atom stereocenters. The Morgan fingerprint density at radius 2 is 1.79 bits per heavy atom. The van der Waals surface area contributed by atoms with E-state index in [1.807, 2.05) is 0 Å². The summed E-state index contributed by atoms with van der Waals surface area (Å²) < 4.78 is 50.0. The number of benzene rings is 1. The Balaban J connectivity index is 1.70. The molecule has 0 spiro atoms. The lowest BCUT2D eigenvalue weighted by molar-refractivity contribution is -0.142. The monoisotopic (exact) mass is 412 g/mol. The largest absolute Gasteiger partial charge is 0.444 e. The van der Waals surface area contributed by atoms with Crippen LogP contribution in [0.15, 0.2) is 36.5 Å². The number of carbonyl (C=O) groups is 2. The van der Waals surface area contributed by atoms with Crippen molar-refractivity contribution < 1.29 is 32.2 Å². The highest BCUT2D eigenvalue weighted by Gasteiger charge is 2.36. The molecule has 2 amide bonds. The lowest BCUT2D eigenvalue weighted by atomic mass is 10.2. The number of halogens is 3. The van der Waals surface area contributed by atoms with Crippen LogP contribution in [0.2, 0.25) is 0 Å². The Hall–Kier alpha value is -3.24. The first-order valence-corrected chi connectivity index (χ1v) is 8.63. The first-order valence-electron chi connectivity index (χ1n) is 8.63. The molecule has 156 valence electrons. The Morgan fingerprint density at radius 1 is 1.17 bits per heavy atom. The molecule has 1 aromatic heterocycles. The van der Waals surface area contributed by atoms with Crippen molar-refractivity contribution in [1.82, 2.24) is 15.1 Å². The molecule has 2 aromatic rings. The number of aromatic nitrogens is 2. The van der Waals surface area contributed by atoms with E-state index in [2.05, 4.69) is 10.4 Å². The van der Waals surface area contributed by atoms with E-state index in [0.29, 0.717) is 5.69 Å². The number of hydrogen-bond acceptors (Lipinski definition) is 5. The maximum atomic E-state index is 13.0. The predicted octanol–water partition coefficient (Wildman–Crippen LogP) is 3.70. The van der Waals surface area contributed by atoms with Gasteiger partial charge >= 0.3 is 18.4 Å². The first-order chi connectivity index (χ1) is 13.4. The molecule has 1 N–H and O–H groups in total. The van der Waals surface area contributed by atoms with Crippen LogP contribution < -0.4 is 10.2 Å². The number of anilines is 1. The summed E-state index contributed by atoms with van der Waals surface area (Å²) in [5, 5.41) is 6.14. The third kappa shape index (κ3) is 4.79. The van der Waals surface area contributed by atoms with Crippen LogP contribution in [0.1, 0.15) is 26.5 Å². The number of rotatable bonds is 3. The molecule has 1 aromatic carbocycles. The van der Waals surface area contributed by atoms with Gasteiger partial charge in [-0.1, -0.05) is 0 Å². The number of carbonyl (C=O) groups excluding carboxylic acids is 2. The molecule has 0 unspecified atom stereocenters. The number of amides is 2. The van der Waals surface area contributed by atoms with Gasteiger partial charge in [-0.15, -0.1) is 0 Å². The summed E-state index contributed by atoms with van der Waals surface area (Å²) in [4.78, 5) is 25.2. The minimum atomic E-state index is -4.55. The summed E-state index contributed by atoms with van der Waals surface area (Å²) in [6, 6.07) is 6.61. The number of nitrogens with one attached hydrogen (secondary N) is 1. The number of hydrogen-bond donors (Lipinski definition) is 1. The van der Waals surface area contributed by atoms with Gasteiger partial charge in [-0.3, -0.25) is 10.2 Å². The van der Waals surface area contributed by atoms with Crippen LogP contribution in [-0.4, -0.2) is 40.3 Å². The van der Waals surface area contributed by atoms with Gasteiger partial charge < -0.3 is 9.47 Å². The number of nitrogens with zero attached hydrogens (tertiary/aromatic N) is 3. The number of ether oxygens (including phenoxy) is 2. The van der Waals surface area contributed by atoms with Crippen LogP contribution in [0.25, 0.3) is 5.69 Å². The van der Waals surface area contributed by atoms with E-state index >= 15 is 0 Å². The van der Waals surface area contributed by atoms with Gasteiger partial charge in [0.15, 0.2) is 6.23 Å². The highest BCUT2D eigenvalue weighted by Crippen LogP contribution is 2.31. The molecule has 11 heteroatoms. The first kappa shape index (κ1) is 20.5. The van der Waals surface area contributed by atoms with Gasteiger partial charge in [0.2, 0.25) is 0 Å². The average molecular weight is 412 g/mol. The van der Waals surface area contributed by atoms with Crippen molar-refractivity contribution >= 4 is 17.9 Å². The quantitative estimate of drug-likeness (QED) is 0.831. The molecule has 1 fully saturated rings. The summed E-state index contributed by atoms with van der Waals surface area (Å²) in [7, 11) is 0. The van der Waals surface area contributed by atoms with Crippen LogP contribution in [0.3, 0.4) is 0 Å². The van der Waals surface area contributed by atoms with Gasteiger partial charge in [-0.05, 0) is 51.1 Å². The fourth-order valence-corrected chi connectivity index (χ4v) is 2.69. The zero-order valence-electron chi connectivity index (χ0n) is 15.9. The summed E-state index contributed by atoms with van der Waals surface area (Å²) in [6.07, 6.45) is -5.84. The highest BCUT2D eigenvalue weighted by molar-refractivity contribution is 5.90. The molecule has 1 aliphatic heterocycles. The van der Waals surface area contributed by atoms with Crippen molar-refractivity contribution in [1.29, 1.82) is 0 Å². The second-order valence-corrected chi connectivity index (χ2v) is 7.27. The minimum Gasteiger partial charge on any atom is -0.444 e. The Morgan fingerprint density at radius 3 is 2.38 bits per heavy atom. The molecule has 0 radical (unpaired) electrons. The maximum absolute atomic E-state index is 13.0. The third-order valence-corrected chi connectivity index (χ3v) is 3.83. The minimum absolute atomic E-state index is 0.0208. The van der Waals surface area contributed by atoms with Gasteiger partial charge in [0.25, 0.3) is 0 Å². The molecule has 2 heterocycles. The average Bonchev–Trinajstić information content (AvgIpc) is 3.20. The maximum Gasteiger partial charge on any atom is 0.433 e. The Bertz CT molecular complexity index is 903. The lowest BCUT2D eigenvalue weighted by Crippen LogP contribution is -2.41. The van der Waals surface area contributed by atoms with E-state index in [9.17, 15) is 22.8 Å². The van der Waals surface area contributed by atoms with E-state index in [-0.39, 0.29) is 12.2 Å². The summed E-state index contributed by atoms with van der Waals surface area (Å²) in [5.41, 5.74) is -1.04. The second-order valence-electron chi connectivity index (χ2n) is 7.27. The van der Waals surface area contributed by atoms with Gasteiger partial charge in [0.05, 0.1) is 18.4 Å². The van der Waals surface area contributed by atoms with Crippen molar-refractivity contribution in [3.63, 3.8) is 0 Å². The second kappa shape index (κ2) is 7.30. The molecule has 3 rings (SSSR count).